The summed E-state index contributed by atoms with van der Waals surface area (Å²) in [6, 6.07) is 2.87. The summed E-state index contributed by atoms with van der Waals surface area (Å²) in [4.78, 5) is 25.0. The van der Waals surface area contributed by atoms with Crippen molar-refractivity contribution < 1.29 is 26.4 Å². The summed E-state index contributed by atoms with van der Waals surface area (Å²) in [5, 5.41) is 15.6. The van der Waals surface area contributed by atoms with Gasteiger partial charge in [-0.1, -0.05) is 6.92 Å². The smallest absolute Gasteiger partial charge is 0.334 e. The third-order valence-corrected chi connectivity index (χ3v) is 7.59. The van der Waals surface area contributed by atoms with Gasteiger partial charge in [-0.3, -0.25) is 4.79 Å². The summed E-state index contributed by atoms with van der Waals surface area (Å²) in [7, 11) is -2.47. The number of carbonyl (C=O) groups is 1. The number of amides is 1. The van der Waals surface area contributed by atoms with Crippen LogP contribution in [0.4, 0.5) is 13.2 Å². The first kappa shape index (κ1) is 23.7. The van der Waals surface area contributed by atoms with Crippen molar-refractivity contribution in [3.05, 3.63) is 35.8 Å². The van der Waals surface area contributed by atoms with E-state index in [1.165, 1.54) is 30.9 Å². The SMILES string of the molecule is CCS(=O)(=O)c1nn2cc(C(=O)NC3(C#N)CC3)cnc2c1-c1nc2cc(C(F)(F)F)cnc2n1C. The lowest BCUT2D eigenvalue weighted by molar-refractivity contribution is -0.137. The number of aryl methyl sites for hydroxylation is 1. The maximum Gasteiger partial charge on any atom is 0.417 e. The molecule has 0 bridgehead atoms. The molecule has 186 valence electrons. The van der Waals surface area contributed by atoms with Gasteiger partial charge in [-0.2, -0.15) is 23.5 Å². The van der Waals surface area contributed by atoms with E-state index >= 15 is 0 Å². The summed E-state index contributed by atoms with van der Waals surface area (Å²) in [5.41, 5.74) is -1.89. The number of nitrogens with one attached hydrogen (secondary N) is 1. The van der Waals surface area contributed by atoms with Crippen molar-refractivity contribution >= 4 is 32.6 Å². The molecule has 11 nitrogen and oxygen atoms in total. The van der Waals surface area contributed by atoms with Crippen LogP contribution in [0.25, 0.3) is 28.2 Å². The number of nitriles is 1. The second-order valence-corrected chi connectivity index (χ2v) is 10.6. The fourth-order valence-electron chi connectivity index (χ4n) is 3.72. The van der Waals surface area contributed by atoms with Crippen molar-refractivity contribution in [2.75, 3.05) is 5.75 Å². The molecule has 1 amide bonds. The van der Waals surface area contributed by atoms with Gasteiger partial charge in [-0.05, 0) is 18.9 Å². The highest BCUT2D eigenvalue weighted by atomic mass is 32.2. The zero-order valence-electron chi connectivity index (χ0n) is 18.8. The van der Waals surface area contributed by atoms with E-state index in [1.54, 1.807) is 0 Å². The molecule has 0 spiro atoms. The minimum Gasteiger partial charge on any atom is -0.334 e. The zero-order chi connectivity index (χ0) is 26.0. The molecule has 1 saturated carbocycles. The first-order valence-corrected chi connectivity index (χ1v) is 12.3. The normalized spacial score (nSPS) is 15.2. The second kappa shape index (κ2) is 7.72. The summed E-state index contributed by atoms with van der Waals surface area (Å²) in [6.45, 7) is 1.42. The van der Waals surface area contributed by atoms with Gasteiger partial charge < -0.3 is 9.88 Å². The molecule has 0 aromatic carbocycles. The number of nitrogens with zero attached hydrogens (tertiary/aromatic N) is 7. The molecule has 0 radical (unpaired) electrons. The molecule has 15 heteroatoms. The number of hydrogen-bond donors (Lipinski definition) is 1. The molecule has 1 aliphatic carbocycles. The predicted molar refractivity (Wildman–Crippen MR) is 118 cm³/mol. The second-order valence-electron chi connectivity index (χ2n) is 8.40. The molecule has 4 aromatic rings. The van der Waals surface area contributed by atoms with Crippen LogP contribution >= 0.6 is 0 Å². The van der Waals surface area contributed by atoms with E-state index < -0.39 is 33.0 Å². The maximum absolute atomic E-state index is 13.2. The van der Waals surface area contributed by atoms with Crippen LogP contribution in [0.1, 0.15) is 35.7 Å². The Morgan fingerprint density at radius 2 is 1.94 bits per heavy atom. The highest BCUT2D eigenvalue weighted by molar-refractivity contribution is 7.91. The van der Waals surface area contributed by atoms with Crippen molar-refractivity contribution in [3.8, 4) is 17.5 Å². The molecule has 1 fully saturated rings. The van der Waals surface area contributed by atoms with Crippen LogP contribution in [0.2, 0.25) is 0 Å². The largest absolute Gasteiger partial charge is 0.417 e. The van der Waals surface area contributed by atoms with E-state index in [4.69, 9.17) is 0 Å². The minimum atomic E-state index is -4.64. The monoisotopic (exact) mass is 518 g/mol. The highest BCUT2D eigenvalue weighted by Gasteiger charge is 2.45. The van der Waals surface area contributed by atoms with Crippen LogP contribution in [0, 0.1) is 11.3 Å². The fourth-order valence-corrected chi connectivity index (χ4v) is 4.70. The number of pyridine rings is 1. The standard InChI is InChI=1S/C21H17F3N8O3S/c1-3-36(34,35)19-14(17-28-13-6-12(21(22,23)24)8-27-15(13)31(17)2)16-26-7-11(9-32(16)30-19)18(33)29-20(10-25)4-5-20/h6-9H,3-5H2,1-2H3,(H,29,33). The molecule has 0 aliphatic heterocycles. The van der Waals surface area contributed by atoms with Gasteiger partial charge >= 0.3 is 6.18 Å². The van der Waals surface area contributed by atoms with E-state index in [9.17, 15) is 31.6 Å². The molecule has 36 heavy (non-hydrogen) atoms. The molecule has 1 aliphatic rings. The van der Waals surface area contributed by atoms with Crippen LogP contribution < -0.4 is 5.32 Å². The summed E-state index contributed by atoms with van der Waals surface area (Å²) < 4.78 is 67.8. The van der Waals surface area contributed by atoms with E-state index in [1.807, 2.05) is 6.07 Å². The molecule has 4 aromatic heterocycles. The first-order valence-electron chi connectivity index (χ1n) is 10.6. The number of alkyl halides is 3. The predicted octanol–water partition coefficient (Wildman–Crippen LogP) is 2.28. The Labute approximate surface area is 201 Å². The average molecular weight is 518 g/mol. The molecule has 0 atom stereocenters. The molecule has 5 rings (SSSR count). The average Bonchev–Trinajstić information content (AvgIpc) is 3.39. The van der Waals surface area contributed by atoms with Gasteiger partial charge in [-0.25, -0.2) is 27.9 Å². The van der Waals surface area contributed by atoms with Crippen LogP contribution in [-0.4, -0.2) is 54.7 Å². The lowest BCUT2D eigenvalue weighted by Crippen LogP contribution is -2.35. The lowest BCUT2D eigenvalue weighted by Gasteiger charge is -2.08. The molecule has 0 unspecified atom stereocenters. The van der Waals surface area contributed by atoms with E-state index in [-0.39, 0.29) is 44.5 Å². The summed E-state index contributed by atoms with van der Waals surface area (Å²) in [6.07, 6.45) is -0.451. The topological polar surface area (TPSA) is 148 Å². The minimum absolute atomic E-state index is 0.00929. The lowest BCUT2D eigenvalue weighted by atomic mass is 10.2. The van der Waals surface area contributed by atoms with E-state index in [0.29, 0.717) is 19.0 Å². The Morgan fingerprint density at radius 3 is 2.56 bits per heavy atom. The van der Waals surface area contributed by atoms with Gasteiger partial charge in [0.05, 0.1) is 22.9 Å². The Morgan fingerprint density at radius 1 is 1.25 bits per heavy atom. The number of halogens is 3. The molecule has 0 saturated heterocycles. The van der Waals surface area contributed by atoms with Crippen LogP contribution in [0.3, 0.4) is 0 Å². The summed E-state index contributed by atoms with van der Waals surface area (Å²) in [5.74, 6) is -0.903. The number of imidazole rings is 1. The number of rotatable bonds is 5. The van der Waals surface area contributed by atoms with Crippen LogP contribution in [-0.2, 0) is 23.1 Å². The Hall–Kier alpha value is -4.06. The van der Waals surface area contributed by atoms with Gasteiger partial charge in [0.1, 0.15) is 22.4 Å². The maximum atomic E-state index is 13.2. The molecule has 4 heterocycles. The van der Waals surface area contributed by atoms with Gasteiger partial charge in [0, 0.05) is 25.6 Å². The molecular weight excluding hydrogens is 501 g/mol. The van der Waals surface area contributed by atoms with Crippen molar-refractivity contribution in [1.29, 1.82) is 5.26 Å². The third kappa shape index (κ3) is 3.73. The molecule has 1 N–H and O–H groups in total. The number of aromatic nitrogens is 6. The van der Waals surface area contributed by atoms with Crippen molar-refractivity contribution in [1.82, 2.24) is 34.4 Å². The van der Waals surface area contributed by atoms with Crippen molar-refractivity contribution in [2.45, 2.75) is 36.5 Å². The van der Waals surface area contributed by atoms with E-state index in [0.717, 1.165) is 10.6 Å². The summed E-state index contributed by atoms with van der Waals surface area (Å²) >= 11 is 0. The molecular formula is C21H17F3N8O3S. The van der Waals surface area contributed by atoms with Crippen LogP contribution in [0.15, 0.2) is 29.7 Å². The zero-order valence-corrected chi connectivity index (χ0v) is 19.6. The first-order chi connectivity index (χ1) is 16.9. The Balaban J connectivity index is 1.70. The Kier molecular flexibility index (Phi) is 5.08. The number of fused-ring (bicyclic) bond motifs is 2. The Bertz CT molecular complexity index is 1710. The van der Waals surface area contributed by atoms with Gasteiger partial charge in [0.25, 0.3) is 5.91 Å². The van der Waals surface area contributed by atoms with Crippen LogP contribution in [0.5, 0.6) is 0 Å². The number of sulfone groups is 1. The number of hydrogen-bond acceptors (Lipinski definition) is 8. The quantitative estimate of drug-likeness (QED) is 0.423. The highest BCUT2D eigenvalue weighted by Crippen LogP contribution is 2.36. The van der Waals surface area contributed by atoms with Gasteiger partial charge in [-0.15, -0.1) is 0 Å². The van der Waals surface area contributed by atoms with Gasteiger partial charge in [0.2, 0.25) is 0 Å². The van der Waals surface area contributed by atoms with Crippen molar-refractivity contribution in [3.63, 3.8) is 0 Å². The van der Waals surface area contributed by atoms with Crippen molar-refractivity contribution in [2.24, 2.45) is 7.05 Å². The third-order valence-electron chi connectivity index (χ3n) is 5.95. The van der Waals surface area contributed by atoms with Gasteiger partial charge in [0.15, 0.2) is 26.2 Å². The number of carbonyl (C=O) groups excluding carboxylic acids is 1. The fraction of sp³-hybridized carbons (Fsp3) is 0.333. The van der Waals surface area contributed by atoms with E-state index in [2.05, 4.69) is 25.4 Å².